The first-order valence-corrected chi connectivity index (χ1v) is 27.0. The summed E-state index contributed by atoms with van der Waals surface area (Å²) in [5.74, 6) is -5.34. The van der Waals surface area contributed by atoms with Gasteiger partial charge in [-0.15, -0.1) is 0 Å². The van der Waals surface area contributed by atoms with Gasteiger partial charge in [0.2, 0.25) is 5.79 Å². The Morgan fingerprint density at radius 1 is 0.833 bits per heavy atom. The van der Waals surface area contributed by atoms with E-state index in [1.165, 1.54) is 0 Å². The number of phosphoric ester groups is 1. The van der Waals surface area contributed by atoms with Crippen molar-refractivity contribution in [2.75, 3.05) is 26.4 Å². The van der Waals surface area contributed by atoms with Gasteiger partial charge in [0, 0.05) is 30.1 Å². The lowest BCUT2D eigenvalue weighted by Crippen LogP contribution is -2.63. The zero-order chi connectivity index (χ0) is 48.8. The van der Waals surface area contributed by atoms with Crippen LogP contribution in [0.2, 0.25) is 0 Å². The lowest BCUT2D eigenvalue weighted by Gasteiger charge is -2.54. The van der Waals surface area contributed by atoms with Gasteiger partial charge >= 0.3 is 13.8 Å². The summed E-state index contributed by atoms with van der Waals surface area (Å²) in [6.45, 7) is 23.9. The zero-order valence-corrected chi connectivity index (χ0v) is 43.1. The molecule has 18 atom stereocenters. The van der Waals surface area contributed by atoms with Crippen molar-refractivity contribution in [3.05, 3.63) is 12.2 Å². The summed E-state index contributed by atoms with van der Waals surface area (Å²) < 4.78 is 67.9. The van der Waals surface area contributed by atoms with Gasteiger partial charge in [0.05, 0.1) is 80.2 Å². The van der Waals surface area contributed by atoms with Crippen LogP contribution >= 0.6 is 7.82 Å². The molecule has 0 unspecified atom stereocenters. The number of carbonyl (C=O) groups is 2. The van der Waals surface area contributed by atoms with Crippen LogP contribution in [0.3, 0.4) is 0 Å². The number of aliphatic hydroxyl groups excluding tert-OH is 2. The van der Waals surface area contributed by atoms with Crippen LogP contribution in [0.15, 0.2) is 12.2 Å². The lowest BCUT2D eigenvalue weighted by molar-refractivity contribution is -0.409. The highest BCUT2D eigenvalue weighted by atomic mass is 31.2. The van der Waals surface area contributed by atoms with E-state index in [1.807, 2.05) is 41.5 Å². The fraction of sp³-hybridized carbons (Fsp3) is 0.920. The second kappa shape index (κ2) is 23.3. The molecule has 16 heteroatoms. The Morgan fingerprint density at radius 2 is 1.50 bits per heavy atom. The van der Waals surface area contributed by atoms with Gasteiger partial charge < -0.3 is 43.7 Å². The van der Waals surface area contributed by atoms with Gasteiger partial charge in [-0.2, -0.15) is 0 Å². The molecule has 0 aromatic rings. The van der Waals surface area contributed by atoms with E-state index in [1.54, 1.807) is 32.9 Å². The molecular weight excluding hydrogens is 872 g/mol. The van der Waals surface area contributed by atoms with Crippen molar-refractivity contribution in [3.63, 3.8) is 0 Å². The highest BCUT2D eigenvalue weighted by molar-refractivity contribution is 7.48. The maximum Gasteiger partial charge on any atom is 0.474 e. The van der Waals surface area contributed by atoms with Crippen LogP contribution in [0.1, 0.15) is 160 Å². The predicted octanol–water partition coefficient (Wildman–Crippen LogP) is 8.62. The molecule has 4 fully saturated rings. The molecule has 66 heavy (non-hydrogen) atoms. The van der Waals surface area contributed by atoms with Crippen LogP contribution in [0.4, 0.5) is 0 Å². The molecule has 5 aliphatic heterocycles. The number of Topliss-reactive ketones (excluding diaryl/α,β-unsaturated/α-hetero) is 1. The molecule has 2 spiro atoms. The number of ketones is 1. The monoisotopic (exact) mass is 959 g/mol. The summed E-state index contributed by atoms with van der Waals surface area (Å²) in [5.41, 5.74) is -1.66. The van der Waals surface area contributed by atoms with Crippen molar-refractivity contribution >= 4 is 19.6 Å². The van der Waals surface area contributed by atoms with Crippen LogP contribution in [0.25, 0.3) is 0 Å². The summed E-state index contributed by atoms with van der Waals surface area (Å²) in [7, 11) is -3.60. The zero-order valence-electron chi connectivity index (χ0n) is 42.2. The van der Waals surface area contributed by atoms with Crippen molar-refractivity contribution in [1.29, 1.82) is 0 Å². The summed E-state index contributed by atoms with van der Waals surface area (Å²) in [4.78, 5) is 28.1. The van der Waals surface area contributed by atoms with Gasteiger partial charge in [-0.25, -0.2) is 4.57 Å². The Balaban J connectivity index is 1.20. The number of hydrogen-bond donors (Lipinski definition) is 3. The van der Waals surface area contributed by atoms with Crippen molar-refractivity contribution in [3.8, 4) is 0 Å². The first kappa shape index (κ1) is 55.6. The molecule has 0 amide bonds. The van der Waals surface area contributed by atoms with Gasteiger partial charge in [0.25, 0.3) is 0 Å². The van der Waals surface area contributed by atoms with Crippen LogP contribution in [-0.4, -0.2) is 119 Å². The fourth-order valence-electron chi connectivity index (χ4n) is 11.6. The van der Waals surface area contributed by atoms with Crippen LogP contribution < -0.4 is 0 Å². The maximum absolute atomic E-state index is 14.7. The second-order valence-electron chi connectivity index (χ2n) is 20.6. The van der Waals surface area contributed by atoms with E-state index in [-0.39, 0.29) is 68.1 Å². The maximum atomic E-state index is 14.7. The minimum atomic E-state index is -3.60. The number of hydrogen-bond acceptors (Lipinski definition) is 15. The largest absolute Gasteiger partial charge is 0.474 e. The third-order valence-electron chi connectivity index (χ3n) is 16.0. The van der Waals surface area contributed by atoms with E-state index < -0.39 is 84.8 Å². The molecule has 0 radical (unpaired) electrons. The van der Waals surface area contributed by atoms with Crippen molar-refractivity contribution in [2.45, 2.75) is 226 Å². The SMILES string of the molecule is CCOP(=O)(OCC)OCCCCOC(=O)[C@@H](CC)[C@H]1CC[C@H](C)[C@H]([C@@H](C)[C@H](O)[C@H](C)C(=O)[C@H](CC)[C@H]2O[C@]3(C=C[C@@H](O)[C@]4(CC[C@@](C)([C@H]5CC[C@](O)(CC)[C@H](C)O5)O4)O3)[C@H](C)C[C@@H]2C)O1. The summed E-state index contributed by atoms with van der Waals surface area (Å²) in [6, 6.07) is 0. The van der Waals surface area contributed by atoms with Crippen molar-refractivity contribution in [1.82, 2.24) is 0 Å². The van der Waals surface area contributed by atoms with E-state index in [0.29, 0.717) is 70.6 Å². The van der Waals surface area contributed by atoms with E-state index in [2.05, 4.69) is 20.8 Å². The number of aliphatic hydroxyl groups is 3. The molecule has 5 rings (SSSR count). The van der Waals surface area contributed by atoms with Crippen molar-refractivity contribution < 1.29 is 71.5 Å². The smallest absolute Gasteiger partial charge is 0.465 e. The minimum absolute atomic E-state index is 0.00811. The molecule has 0 saturated carbocycles. The molecule has 5 aliphatic rings. The lowest BCUT2D eigenvalue weighted by atomic mass is 9.72. The molecule has 4 saturated heterocycles. The van der Waals surface area contributed by atoms with Gasteiger partial charge in [-0.3, -0.25) is 23.2 Å². The first-order valence-electron chi connectivity index (χ1n) is 25.5. The number of unbranched alkanes of at least 4 members (excludes halogenated alkanes) is 1. The third kappa shape index (κ3) is 12.0. The average molecular weight is 959 g/mol. The third-order valence-corrected chi connectivity index (χ3v) is 17.7. The number of carbonyl (C=O) groups excluding carboxylic acids is 2. The molecule has 15 nitrogen and oxygen atoms in total. The Bertz CT molecular complexity index is 1650. The van der Waals surface area contributed by atoms with Gasteiger partial charge in [-0.05, 0) is 122 Å². The van der Waals surface area contributed by atoms with E-state index in [0.717, 1.165) is 6.42 Å². The fourth-order valence-corrected chi connectivity index (χ4v) is 12.8. The summed E-state index contributed by atoms with van der Waals surface area (Å²) in [5, 5.41) is 34.6. The molecule has 0 aliphatic carbocycles. The van der Waals surface area contributed by atoms with Gasteiger partial charge in [-0.1, -0.05) is 55.4 Å². The molecule has 0 bridgehead atoms. The minimum Gasteiger partial charge on any atom is -0.465 e. The predicted molar refractivity (Wildman–Crippen MR) is 248 cm³/mol. The average Bonchev–Trinajstić information content (AvgIpc) is 3.63. The van der Waals surface area contributed by atoms with E-state index in [4.69, 9.17) is 42.0 Å². The second-order valence-corrected chi connectivity index (χ2v) is 22.2. The first-order chi connectivity index (χ1) is 31.1. The topological polar surface area (TPSA) is 195 Å². The summed E-state index contributed by atoms with van der Waals surface area (Å²) in [6.07, 6.45) is 6.41. The number of ether oxygens (including phenoxy) is 6. The Morgan fingerprint density at radius 3 is 2.12 bits per heavy atom. The van der Waals surface area contributed by atoms with Gasteiger partial charge in [0.1, 0.15) is 11.9 Å². The molecular formula is C50H87O15P. The summed E-state index contributed by atoms with van der Waals surface area (Å²) >= 11 is 0. The molecule has 5 heterocycles. The Hall–Kier alpha value is -1.33. The van der Waals surface area contributed by atoms with Crippen molar-refractivity contribution in [2.24, 2.45) is 41.4 Å². The number of rotatable bonds is 22. The standard InChI is InChI=1S/C50H87O15P/c1-13-37(46(54)57-28-18-19-29-60-66(56,58-16-4)59-17-5)39-21-20-31(6)44(62-39)35(10)42(52)34(9)43(53)38(14-2)45-32(7)30-33(8)49(63-45)25-22-40(51)50(65-49)27-26-47(12,64-50)41-23-24-48(55,15-3)36(11)61-41/h22,25,31-42,44-45,51-52,55H,13-21,23-24,26-30H2,1-12H3/t31-,32-,33+,34-,35-,36-,37-,38-,39+,40+,41+,42+,44+,45-,47-,48+,49-,50-/m0/s1. The van der Waals surface area contributed by atoms with Crippen LogP contribution in [0.5, 0.6) is 0 Å². The number of phosphoric acid groups is 1. The molecule has 0 aromatic heterocycles. The molecule has 0 aromatic carbocycles. The van der Waals surface area contributed by atoms with E-state index >= 15 is 0 Å². The highest BCUT2D eigenvalue weighted by Crippen LogP contribution is 2.54. The Kier molecular flexibility index (Phi) is 19.6. The van der Waals surface area contributed by atoms with E-state index in [9.17, 15) is 29.5 Å². The highest BCUT2D eigenvalue weighted by Gasteiger charge is 2.63. The molecule has 382 valence electrons. The quantitative estimate of drug-likeness (QED) is 0.0404. The van der Waals surface area contributed by atoms with Crippen LogP contribution in [-0.2, 0) is 56.1 Å². The van der Waals surface area contributed by atoms with Crippen LogP contribution in [0, 0.1) is 41.4 Å². The molecule has 3 N–H and O–H groups in total. The normalized spacial score (nSPS) is 39.7. The van der Waals surface area contributed by atoms with Gasteiger partial charge in [0.15, 0.2) is 5.79 Å². The number of esters is 1. The Labute approximate surface area is 395 Å².